The number of hydrogen-bond donors (Lipinski definition) is 1. The van der Waals surface area contributed by atoms with Crippen molar-refractivity contribution in [3.63, 3.8) is 0 Å². The average Bonchev–Trinajstić information content (AvgIpc) is 2.94. The normalized spacial score (nSPS) is 14.1. The van der Waals surface area contributed by atoms with E-state index in [0.29, 0.717) is 39.6 Å². The Labute approximate surface area is 133 Å². The molecule has 0 aliphatic rings. The van der Waals surface area contributed by atoms with Crippen LogP contribution in [0.25, 0.3) is 11.5 Å². The molecule has 1 heterocycles. The minimum Gasteiger partial charge on any atom is -0.396 e. The highest BCUT2D eigenvalue weighted by atomic mass is 35.5. The van der Waals surface area contributed by atoms with Gasteiger partial charge in [0.25, 0.3) is 5.89 Å². The molecular weight excluding hydrogens is 313 g/mol. The molecule has 2 N–H and O–H groups in total. The van der Waals surface area contributed by atoms with Crippen LogP contribution in [-0.4, -0.2) is 16.7 Å². The first kappa shape index (κ1) is 16.1. The number of benzene rings is 1. The maximum absolute atomic E-state index is 6.02. The molecule has 1 aromatic heterocycles. The van der Waals surface area contributed by atoms with Crippen molar-refractivity contribution in [3.05, 3.63) is 28.0 Å². The number of halogens is 2. The monoisotopic (exact) mass is 329 g/mol. The number of aromatic nitrogens is 2. The van der Waals surface area contributed by atoms with Gasteiger partial charge in [-0.3, -0.25) is 0 Å². The van der Waals surface area contributed by atoms with Crippen LogP contribution in [0.15, 0.2) is 16.7 Å². The number of nitrogens with zero attached hydrogens (tertiary/aromatic N) is 2. The van der Waals surface area contributed by atoms with Gasteiger partial charge < -0.3 is 15.0 Å². The molecule has 0 radical (unpaired) electrons. The summed E-state index contributed by atoms with van der Waals surface area (Å²) in [4.78, 5) is 4.39. The number of nitrogen functional groups attached to an aromatic ring is 1. The summed E-state index contributed by atoms with van der Waals surface area (Å²) in [5, 5.41) is 4.70. The van der Waals surface area contributed by atoms with Crippen LogP contribution in [0.2, 0.25) is 10.0 Å². The summed E-state index contributed by atoms with van der Waals surface area (Å²) in [5.74, 6) is 0.819. The third kappa shape index (κ3) is 3.15. The molecule has 0 fully saturated rings. The molecule has 0 bridgehead atoms. The van der Waals surface area contributed by atoms with Crippen LogP contribution >= 0.6 is 23.2 Å². The largest absolute Gasteiger partial charge is 0.396 e. The second-order valence-corrected chi connectivity index (χ2v) is 5.61. The molecule has 21 heavy (non-hydrogen) atoms. The van der Waals surface area contributed by atoms with Gasteiger partial charge in [0, 0.05) is 12.2 Å². The van der Waals surface area contributed by atoms with E-state index in [9.17, 15) is 0 Å². The van der Waals surface area contributed by atoms with E-state index in [-0.39, 0.29) is 0 Å². The summed E-state index contributed by atoms with van der Waals surface area (Å²) in [6.45, 7) is 6.42. The van der Waals surface area contributed by atoms with Gasteiger partial charge in [0.2, 0.25) is 5.82 Å². The molecule has 114 valence electrons. The van der Waals surface area contributed by atoms with Crippen LogP contribution in [0.1, 0.15) is 33.0 Å². The van der Waals surface area contributed by atoms with Crippen LogP contribution in [-0.2, 0) is 10.3 Å². The molecule has 2 aromatic rings. The number of nitrogens with two attached hydrogens (primary N) is 1. The molecule has 7 heteroatoms. The summed E-state index contributed by atoms with van der Waals surface area (Å²) < 4.78 is 11.0. The van der Waals surface area contributed by atoms with Gasteiger partial charge in [-0.25, -0.2) is 0 Å². The van der Waals surface area contributed by atoms with E-state index < -0.39 is 5.60 Å². The maximum Gasteiger partial charge on any atom is 0.258 e. The van der Waals surface area contributed by atoms with E-state index in [4.69, 9.17) is 38.2 Å². The van der Waals surface area contributed by atoms with Gasteiger partial charge >= 0.3 is 0 Å². The average molecular weight is 330 g/mol. The Morgan fingerprint density at radius 2 is 1.90 bits per heavy atom. The fourth-order valence-corrected chi connectivity index (χ4v) is 2.39. The van der Waals surface area contributed by atoms with Gasteiger partial charge in [-0.05, 0) is 32.4 Å². The summed E-state index contributed by atoms with van der Waals surface area (Å²) in [7, 11) is 0. The molecular formula is C14H17Cl2N3O2. The zero-order chi connectivity index (χ0) is 15.6. The molecule has 1 atom stereocenters. The van der Waals surface area contributed by atoms with Gasteiger partial charge in [-0.15, -0.1) is 0 Å². The molecule has 5 nitrogen and oxygen atoms in total. The van der Waals surface area contributed by atoms with Crippen LogP contribution in [0, 0.1) is 0 Å². The molecule has 0 saturated heterocycles. The Kier molecular flexibility index (Phi) is 4.76. The lowest BCUT2D eigenvalue weighted by molar-refractivity contribution is -0.0403. The molecule has 1 unspecified atom stereocenters. The highest BCUT2D eigenvalue weighted by Gasteiger charge is 2.31. The number of rotatable bonds is 5. The maximum atomic E-state index is 6.02. The minimum atomic E-state index is -0.585. The smallest absolute Gasteiger partial charge is 0.258 e. The van der Waals surface area contributed by atoms with Crippen LogP contribution in [0.3, 0.4) is 0 Å². The van der Waals surface area contributed by atoms with Crippen molar-refractivity contribution < 1.29 is 9.26 Å². The zero-order valence-electron chi connectivity index (χ0n) is 12.1. The molecule has 0 aliphatic carbocycles. The highest BCUT2D eigenvalue weighted by Crippen LogP contribution is 2.34. The third-order valence-electron chi connectivity index (χ3n) is 3.36. The Hall–Kier alpha value is -1.30. The fourth-order valence-electron chi connectivity index (χ4n) is 1.91. The lowest BCUT2D eigenvalue weighted by Crippen LogP contribution is -2.26. The van der Waals surface area contributed by atoms with Gasteiger partial charge in [-0.2, -0.15) is 4.98 Å². The van der Waals surface area contributed by atoms with E-state index in [1.165, 1.54) is 0 Å². The lowest BCUT2D eigenvalue weighted by atomic mass is 10.0. The van der Waals surface area contributed by atoms with Crippen LogP contribution in [0.4, 0.5) is 5.69 Å². The van der Waals surface area contributed by atoms with Crippen molar-refractivity contribution in [1.29, 1.82) is 0 Å². The van der Waals surface area contributed by atoms with Crippen molar-refractivity contribution in [3.8, 4) is 11.5 Å². The lowest BCUT2D eigenvalue weighted by Gasteiger charge is -2.23. The summed E-state index contributed by atoms with van der Waals surface area (Å²) in [6, 6.07) is 3.29. The van der Waals surface area contributed by atoms with Gasteiger partial charge in [0.1, 0.15) is 5.60 Å². The van der Waals surface area contributed by atoms with Crippen LogP contribution in [0.5, 0.6) is 0 Å². The van der Waals surface area contributed by atoms with E-state index in [1.807, 2.05) is 20.8 Å². The minimum absolute atomic E-state index is 0.327. The predicted octanol–water partition coefficient (Wildman–Crippen LogP) is 4.29. The first-order valence-electron chi connectivity index (χ1n) is 6.64. The van der Waals surface area contributed by atoms with Crippen molar-refractivity contribution in [2.75, 3.05) is 12.3 Å². The second kappa shape index (κ2) is 6.22. The standard InChI is InChI=1S/C14H17Cl2N3O2/c1-4-14(3,20-5-2)13-18-12(21-19-13)8-6-9(15)11(17)10(16)7-8/h6-7H,4-5,17H2,1-3H3. The summed E-state index contributed by atoms with van der Waals surface area (Å²) in [5.41, 5.74) is 6.08. The number of ether oxygens (including phenoxy) is 1. The van der Waals surface area contributed by atoms with Gasteiger partial charge in [-0.1, -0.05) is 35.3 Å². The quantitative estimate of drug-likeness (QED) is 0.828. The third-order valence-corrected chi connectivity index (χ3v) is 3.99. The van der Waals surface area contributed by atoms with Gasteiger partial charge in [0.05, 0.1) is 15.7 Å². The van der Waals surface area contributed by atoms with Crippen LogP contribution < -0.4 is 5.73 Å². The highest BCUT2D eigenvalue weighted by molar-refractivity contribution is 6.39. The Balaban J connectivity index is 2.40. The second-order valence-electron chi connectivity index (χ2n) is 4.79. The number of anilines is 1. The van der Waals surface area contributed by atoms with Crippen molar-refractivity contribution in [1.82, 2.24) is 10.1 Å². The topological polar surface area (TPSA) is 74.2 Å². The van der Waals surface area contributed by atoms with Gasteiger partial charge in [0.15, 0.2) is 0 Å². The first-order chi connectivity index (χ1) is 9.91. The van der Waals surface area contributed by atoms with Crippen molar-refractivity contribution in [2.24, 2.45) is 0 Å². The van der Waals surface area contributed by atoms with Crippen molar-refractivity contribution in [2.45, 2.75) is 32.8 Å². The Bertz CT molecular complexity index is 622. The fraction of sp³-hybridized carbons (Fsp3) is 0.429. The van der Waals surface area contributed by atoms with E-state index >= 15 is 0 Å². The molecule has 2 rings (SSSR count). The molecule has 0 saturated carbocycles. The van der Waals surface area contributed by atoms with E-state index in [0.717, 1.165) is 6.42 Å². The SMILES string of the molecule is CCOC(C)(CC)c1noc(-c2cc(Cl)c(N)c(Cl)c2)n1. The number of hydrogen-bond acceptors (Lipinski definition) is 5. The molecule has 0 spiro atoms. The Morgan fingerprint density at radius 1 is 1.29 bits per heavy atom. The first-order valence-corrected chi connectivity index (χ1v) is 7.40. The summed E-state index contributed by atoms with van der Waals surface area (Å²) >= 11 is 12.0. The predicted molar refractivity (Wildman–Crippen MR) is 83.4 cm³/mol. The molecule has 0 aliphatic heterocycles. The molecule has 0 amide bonds. The van der Waals surface area contributed by atoms with E-state index in [2.05, 4.69) is 10.1 Å². The summed E-state index contributed by atoms with van der Waals surface area (Å²) in [6.07, 6.45) is 0.725. The Morgan fingerprint density at radius 3 is 2.43 bits per heavy atom. The van der Waals surface area contributed by atoms with E-state index in [1.54, 1.807) is 12.1 Å². The zero-order valence-corrected chi connectivity index (χ0v) is 13.6. The van der Waals surface area contributed by atoms with Crippen molar-refractivity contribution >= 4 is 28.9 Å². The molecule has 1 aromatic carbocycles.